The standard InChI is InChI=1S/C23H29NO8/c1-6-29-20(25)17(21(26)30-7-2)16-14-12-10-11-13-15(14)24(5)19(16)18(22(27)31-8-3)23(28)32-9-4/h10-13,17-18H,6-9H2,1-5H3. The van der Waals surface area contributed by atoms with Crippen LogP contribution in [0.15, 0.2) is 24.3 Å². The topological polar surface area (TPSA) is 110 Å². The average Bonchev–Trinajstić information content (AvgIpc) is 3.02. The van der Waals surface area contributed by atoms with Crippen molar-refractivity contribution in [2.75, 3.05) is 26.4 Å². The summed E-state index contributed by atoms with van der Waals surface area (Å²) in [5, 5.41) is 0.509. The summed E-state index contributed by atoms with van der Waals surface area (Å²) in [5.74, 6) is -6.37. The summed E-state index contributed by atoms with van der Waals surface area (Å²) in [5.41, 5.74) is 0.884. The molecule has 0 fully saturated rings. The summed E-state index contributed by atoms with van der Waals surface area (Å²) in [6, 6.07) is 6.95. The fourth-order valence-corrected chi connectivity index (χ4v) is 3.65. The van der Waals surface area contributed by atoms with E-state index < -0.39 is 35.7 Å². The SMILES string of the molecule is CCOC(=O)C(C(=O)OCC)c1c(C(C(=O)OCC)C(=O)OCC)n(C)c2ccccc12. The number of nitrogens with zero attached hydrogens (tertiary/aromatic N) is 1. The Balaban J connectivity index is 2.90. The van der Waals surface area contributed by atoms with E-state index in [0.29, 0.717) is 10.9 Å². The molecule has 9 heteroatoms. The second-order valence-electron chi connectivity index (χ2n) is 6.75. The van der Waals surface area contributed by atoms with Crippen LogP contribution in [0.3, 0.4) is 0 Å². The highest BCUT2D eigenvalue weighted by molar-refractivity contribution is 6.08. The molecule has 0 saturated carbocycles. The Hall–Kier alpha value is -3.36. The minimum absolute atomic E-state index is 0.0349. The van der Waals surface area contributed by atoms with E-state index in [1.54, 1.807) is 63.6 Å². The van der Waals surface area contributed by atoms with Crippen LogP contribution in [0, 0.1) is 0 Å². The number of rotatable bonds is 10. The van der Waals surface area contributed by atoms with Crippen molar-refractivity contribution in [2.45, 2.75) is 39.5 Å². The number of para-hydroxylation sites is 1. The number of ether oxygens (including phenoxy) is 4. The maximum Gasteiger partial charge on any atom is 0.326 e. The van der Waals surface area contributed by atoms with Crippen molar-refractivity contribution in [2.24, 2.45) is 7.05 Å². The first kappa shape index (κ1) is 24.9. The zero-order valence-corrected chi connectivity index (χ0v) is 19.0. The third-order valence-corrected chi connectivity index (χ3v) is 4.84. The molecule has 1 heterocycles. The molecule has 2 rings (SSSR count). The smallest absolute Gasteiger partial charge is 0.326 e. The zero-order valence-electron chi connectivity index (χ0n) is 19.0. The highest BCUT2D eigenvalue weighted by Gasteiger charge is 2.43. The van der Waals surface area contributed by atoms with Crippen LogP contribution in [0.4, 0.5) is 0 Å². The number of carbonyl (C=O) groups excluding carboxylic acids is 4. The number of carbonyl (C=O) groups is 4. The predicted octanol–water partition coefficient (Wildman–Crippen LogP) is 2.60. The van der Waals surface area contributed by atoms with Crippen molar-refractivity contribution in [3.05, 3.63) is 35.5 Å². The van der Waals surface area contributed by atoms with Crippen LogP contribution in [0.25, 0.3) is 10.9 Å². The molecule has 174 valence electrons. The molecule has 0 N–H and O–H groups in total. The highest BCUT2D eigenvalue weighted by Crippen LogP contribution is 2.38. The van der Waals surface area contributed by atoms with Gasteiger partial charge in [-0.1, -0.05) is 18.2 Å². The molecule has 0 aliphatic heterocycles. The summed E-state index contributed by atoms with van der Waals surface area (Å²) < 4.78 is 22.2. The molecule has 0 saturated heterocycles. The van der Waals surface area contributed by atoms with Crippen molar-refractivity contribution >= 4 is 34.8 Å². The van der Waals surface area contributed by atoms with Gasteiger partial charge in [0.2, 0.25) is 0 Å². The second kappa shape index (κ2) is 11.3. The van der Waals surface area contributed by atoms with E-state index >= 15 is 0 Å². The van der Waals surface area contributed by atoms with Gasteiger partial charge < -0.3 is 23.5 Å². The van der Waals surface area contributed by atoms with Gasteiger partial charge in [-0.05, 0) is 33.8 Å². The minimum atomic E-state index is -1.51. The van der Waals surface area contributed by atoms with E-state index in [4.69, 9.17) is 18.9 Å². The first-order chi connectivity index (χ1) is 15.3. The van der Waals surface area contributed by atoms with Crippen LogP contribution < -0.4 is 0 Å². The highest BCUT2D eigenvalue weighted by atomic mass is 16.6. The molecular weight excluding hydrogens is 418 g/mol. The van der Waals surface area contributed by atoms with E-state index in [1.165, 1.54) is 0 Å². The van der Waals surface area contributed by atoms with Gasteiger partial charge in [-0.15, -0.1) is 0 Å². The van der Waals surface area contributed by atoms with E-state index in [2.05, 4.69) is 0 Å². The molecule has 0 aliphatic rings. The van der Waals surface area contributed by atoms with Crippen LogP contribution in [-0.2, 0) is 45.2 Å². The molecule has 0 bridgehead atoms. The zero-order chi connectivity index (χ0) is 23.8. The normalized spacial score (nSPS) is 11.0. The number of esters is 4. The van der Waals surface area contributed by atoms with Crippen molar-refractivity contribution < 1.29 is 38.1 Å². The second-order valence-corrected chi connectivity index (χ2v) is 6.75. The molecule has 2 aromatic rings. The maximum atomic E-state index is 12.9. The number of aryl methyl sites for hydroxylation is 1. The Kier molecular flexibility index (Phi) is 8.80. The fraction of sp³-hybridized carbons (Fsp3) is 0.478. The van der Waals surface area contributed by atoms with Crippen molar-refractivity contribution in [1.82, 2.24) is 4.57 Å². The van der Waals surface area contributed by atoms with Gasteiger partial charge in [0.05, 0.1) is 26.4 Å². The Bertz CT molecular complexity index is 957. The van der Waals surface area contributed by atoms with Crippen molar-refractivity contribution in [3.8, 4) is 0 Å². The fourth-order valence-electron chi connectivity index (χ4n) is 3.65. The summed E-state index contributed by atoms with van der Waals surface area (Å²) in [4.78, 5) is 51.6. The van der Waals surface area contributed by atoms with Crippen LogP contribution in [0.2, 0.25) is 0 Å². The summed E-state index contributed by atoms with van der Waals surface area (Å²) in [7, 11) is 1.64. The summed E-state index contributed by atoms with van der Waals surface area (Å²) in [6.07, 6.45) is 0. The quantitative estimate of drug-likeness (QED) is 0.311. The molecule has 0 amide bonds. The first-order valence-corrected chi connectivity index (χ1v) is 10.6. The van der Waals surface area contributed by atoms with Gasteiger partial charge >= 0.3 is 23.9 Å². The van der Waals surface area contributed by atoms with Crippen LogP contribution in [0.5, 0.6) is 0 Å². The molecule has 1 aromatic carbocycles. The van der Waals surface area contributed by atoms with E-state index in [9.17, 15) is 19.2 Å². The summed E-state index contributed by atoms with van der Waals surface area (Å²) in [6.45, 7) is 6.60. The number of benzene rings is 1. The van der Waals surface area contributed by atoms with Gasteiger partial charge in [-0.25, -0.2) is 0 Å². The van der Waals surface area contributed by atoms with Crippen molar-refractivity contribution in [3.63, 3.8) is 0 Å². The third-order valence-electron chi connectivity index (χ3n) is 4.84. The average molecular weight is 447 g/mol. The molecular formula is C23H29NO8. The Labute approximate surface area is 186 Å². The van der Waals surface area contributed by atoms with Crippen LogP contribution >= 0.6 is 0 Å². The monoisotopic (exact) mass is 447 g/mol. The molecule has 0 aliphatic carbocycles. The molecule has 0 spiro atoms. The lowest BCUT2D eigenvalue weighted by Gasteiger charge is -2.21. The van der Waals surface area contributed by atoms with Gasteiger partial charge in [-0.2, -0.15) is 0 Å². The molecule has 1 aromatic heterocycles. The number of aromatic nitrogens is 1. The Morgan fingerprint density at radius 3 is 1.56 bits per heavy atom. The Morgan fingerprint density at radius 1 is 0.719 bits per heavy atom. The van der Waals surface area contributed by atoms with Gasteiger partial charge in [0, 0.05) is 29.2 Å². The lowest BCUT2D eigenvalue weighted by Crippen LogP contribution is -2.32. The first-order valence-electron chi connectivity index (χ1n) is 10.6. The number of fused-ring (bicyclic) bond motifs is 1. The van der Waals surface area contributed by atoms with E-state index in [-0.39, 0.29) is 37.7 Å². The molecule has 32 heavy (non-hydrogen) atoms. The van der Waals surface area contributed by atoms with E-state index in [1.807, 2.05) is 0 Å². The van der Waals surface area contributed by atoms with Crippen molar-refractivity contribution in [1.29, 1.82) is 0 Å². The van der Waals surface area contributed by atoms with Crippen LogP contribution in [-0.4, -0.2) is 54.9 Å². The summed E-state index contributed by atoms with van der Waals surface area (Å²) >= 11 is 0. The Morgan fingerprint density at radius 2 is 1.12 bits per heavy atom. The third kappa shape index (κ3) is 4.92. The van der Waals surface area contributed by atoms with Gasteiger partial charge in [0.25, 0.3) is 0 Å². The predicted molar refractivity (Wildman–Crippen MR) is 115 cm³/mol. The van der Waals surface area contributed by atoms with E-state index in [0.717, 1.165) is 0 Å². The molecule has 0 unspecified atom stereocenters. The van der Waals surface area contributed by atoms with Crippen LogP contribution in [0.1, 0.15) is 50.8 Å². The minimum Gasteiger partial charge on any atom is -0.465 e. The maximum absolute atomic E-state index is 12.9. The molecule has 0 atom stereocenters. The molecule has 9 nitrogen and oxygen atoms in total. The number of hydrogen-bond donors (Lipinski definition) is 0. The lowest BCUT2D eigenvalue weighted by molar-refractivity contribution is -0.160. The largest absolute Gasteiger partial charge is 0.465 e. The lowest BCUT2D eigenvalue weighted by atomic mass is 9.90. The van der Waals surface area contributed by atoms with Gasteiger partial charge in [-0.3, -0.25) is 19.2 Å². The van der Waals surface area contributed by atoms with Gasteiger partial charge in [0.1, 0.15) is 0 Å². The van der Waals surface area contributed by atoms with Gasteiger partial charge in [0.15, 0.2) is 11.8 Å². The number of hydrogen-bond acceptors (Lipinski definition) is 8. The molecule has 0 radical (unpaired) electrons.